The summed E-state index contributed by atoms with van der Waals surface area (Å²) in [6, 6.07) is 22.8. The molecule has 0 spiro atoms. The fourth-order valence-corrected chi connectivity index (χ4v) is 3.11. The molecule has 1 aliphatic heterocycles. The monoisotopic (exact) mass is 299 g/mol. The predicted octanol–water partition coefficient (Wildman–Crippen LogP) is 4.95. The molecule has 1 aromatic heterocycles. The summed E-state index contributed by atoms with van der Waals surface area (Å²) in [6.07, 6.45) is 1.83. The van der Waals surface area contributed by atoms with E-state index in [9.17, 15) is 0 Å². The topological polar surface area (TPSA) is 22.1 Å². The molecule has 4 rings (SSSR count). The third-order valence-electron chi connectivity index (χ3n) is 4.26. The number of nitrogens with zero attached hydrogens (tertiary/aromatic N) is 1. The van der Waals surface area contributed by atoms with Crippen molar-refractivity contribution in [1.82, 2.24) is 4.98 Å². The highest BCUT2D eigenvalue weighted by Crippen LogP contribution is 2.40. The number of benzene rings is 2. The van der Waals surface area contributed by atoms with Gasteiger partial charge in [0.05, 0.1) is 5.69 Å². The molecule has 2 heteroatoms. The molecule has 0 amide bonds. The molecule has 0 unspecified atom stereocenters. The number of aromatic nitrogens is 1. The predicted molar refractivity (Wildman–Crippen MR) is 93.0 cm³/mol. The van der Waals surface area contributed by atoms with Crippen LogP contribution in [-0.4, -0.2) is 4.98 Å². The number of pyridine rings is 1. The number of fused-ring (bicyclic) bond motifs is 2. The van der Waals surface area contributed by atoms with Crippen molar-refractivity contribution in [3.8, 4) is 5.75 Å². The summed E-state index contributed by atoms with van der Waals surface area (Å²) < 4.78 is 5.99. The normalized spacial score (nSPS) is 15.0. The SMILES string of the molecule is C/C(=C1/c2ccccc2OCc2ncccc21)c1ccccc1. The van der Waals surface area contributed by atoms with Crippen molar-refractivity contribution in [2.75, 3.05) is 0 Å². The van der Waals surface area contributed by atoms with Crippen LogP contribution in [0.15, 0.2) is 72.9 Å². The van der Waals surface area contributed by atoms with Gasteiger partial charge in [-0.05, 0) is 35.8 Å². The maximum Gasteiger partial charge on any atom is 0.131 e. The Labute approximate surface area is 136 Å². The van der Waals surface area contributed by atoms with Gasteiger partial charge in [-0.3, -0.25) is 4.98 Å². The largest absolute Gasteiger partial charge is 0.487 e. The second-order valence-corrected chi connectivity index (χ2v) is 5.65. The fourth-order valence-electron chi connectivity index (χ4n) is 3.11. The fraction of sp³-hybridized carbons (Fsp3) is 0.0952. The van der Waals surface area contributed by atoms with Crippen LogP contribution in [0.4, 0.5) is 0 Å². The summed E-state index contributed by atoms with van der Waals surface area (Å²) >= 11 is 0. The van der Waals surface area contributed by atoms with E-state index in [2.05, 4.69) is 54.4 Å². The van der Waals surface area contributed by atoms with Gasteiger partial charge in [-0.2, -0.15) is 0 Å². The van der Waals surface area contributed by atoms with Crippen LogP contribution in [0.5, 0.6) is 5.75 Å². The zero-order valence-corrected chi connectivity index (χ0v) is 13.0. The second-order valence-electron chi connectivity index (χ2n) is 5.65. The van der Waals surface area contributed by atoms with Gasteiger partial charge in [-0.1, -0.05) is 54.6 Å². The molecule has 0 N–H and O–H groups in total. The Morgan fingerprint density at radius 1 is 0.870 bits per heavy atom. The Hall–Kier alpha value is -2.87. The Bertz CT molecular complexity index is 832. The number of allylic oxidation sites excluding steroid dienone is 1. The first-order valence-corrected chi connectivity index (χ1v) is 7.77. The lowest BCUT2D eigenvalue weighted by atomic mass is 9.89. The molecule has 0 fully saturated rings. The molecular formula is C21H17NO. The smallest absolute Gasteiger partial charge is 0.131 e. The van der Waals surface area contributed by atoms with E-state index in [-0.39, 0.29) is 0 Å². The number of rotatable bonds is 1. The minimum absolute atomic E-state index is 0.499. The van der Waals surface area contributed by atoms with Gasteiger partial charge in [0.25, 0.3) is 0 Å². The first kappa shape index (κ1) is 13.8. The van der Waals surface area contributed by atoms with Gasteiger partial charge in [0, 0.05) is 17.3 Å². The summed E-state index contributed by atoms with van der Waals surface area (Å²) in [4.78, 5) is 4.53. The van der Waals surface area contributed by atoms with E-state index in [4.69, 9.17) is 4.74 Å². The van der Waals surface area contributed by atoms with Crippen LogP contribution in [0.1, 0.15) is 29.3 Å². The van der Waals surface area contributed by atoms with E-state index >= 15 is 0 Å². The standard InChI is InChI=1S/C21H17NO/c1-15(16-8-3-2-4-9-16)21-17-11-7-13-22-19(17)14-23-20-12-6-5-10-18(20)21/h2-13H,14H2,1H3/b21-15-. The highest BCUT2D eigenvalue weighted by Gasteiger charge is 2.21. The molecule has 0 radical (unpaired) electrons. The number of hydrogen-bond donors (Lipinski definition) is 0. The molecule has 2 heterocycles. The Morgan fingerprint density at radius 3 is 2.48 bits per heavy atom. The molecule has 0 saturated heterocycles. The van der Waals surface area contributed by atoms with E-state index in [1.165, 1.54) is 16.7 Å². The van der Waals surface area contributed by atoms with Crippen molar-refractivity contribution in [2.24, 2.45) is 0 Å². The molecule has 2 nitrogen and oxygen atoms in total. The first-order valence-electron chi connectivity index (χ1n) is 7.77. The molecule has 2 aromatic carbocycles. The second kappa shape index (κ2) is 5.73. The van der Waals surface area contributed by atoms with Crippen LogP contribution in [0.3, 0.4) is 0 Å². The molecule has 112 valence electrons. The van der Waals surface area contributed by atoms with Crippen LogP contribution < -0.4 is 4.74 Å². The third-order valence-corrected chi connectivity index (χ3v) is 4.26. The van der Waals surface area contributed by atoms with Gasteiger partial charge >= 0.3 is 0 Å². The van der Waals surface area contributed by atoms with E-state index < -0.39 is 0 Å². The number of para-hydroxylation sites is 1. The van der Waals surface area contributed by atoms with E-state index in [0.29, 0.717) is 6.61 Å². The molecule has 1 aliphatic rings. The van der Waals surface area contributed by atoms with Gasteiger partial charge in [0.15, 0.2) is 0 Å². The van der Waals surface area contributed by atoms with Crippen molar-refractivity contribution < 1.29 is 4.74 Å². The lowest BCUT2D eigenvalue weighted by Gasteiger charge is -2.14. The van der Waals surface area contributed by atoms with Gasteiger partial charge in [0.1, 0.15) is 12.4 Å². The average molecular weight is 299 g/mol. The minimum atomic E-state index is 0.499. The first-order chi connectivity index (χ1) is 11.3. The Morgan fingerprint density at radius 2 is 1.61 bits per heavy atom. The zero-order valence-electron chi connectivity index (χ0n) is 13.0. The van der Waals surface area contributed by atoms with Gasteiger partial charge in [0.2, 0.25) is 0 Å². The Balaban J connectivity index is 2.05. The number of ether oxygens (including phenoxy) is 1. The maximum absolute atomic E-state index is 5.99. The van der Waals surface area contributed by atoms with Crippen LogP contribution in [0, 0.1) is 0 Å². The molecule has 0 saturated carbocycles. The highest BCUT2D eigenvalue weighted by molar-refractivity contribution is 6.00. The summed E-state index contributed by atoms with van der Waals surface area (Å²) in [5.41, 5.74) is 6.91. The van der Waals surface area contributed by atoms with Crippen molar-refractivity contribution in [3.63, 3.8) is 0 Å². The molecular weight excluding hydrogens is 282 g/mol. The van der Waals surface area contributed by atoms with E-state index in [0.717, 1.165) is 22.6 Å². The summed E-state index contributed by atoms with van der Waals surface area (Å²) in [7, 11) is 0. The molecule has 0 aliphatic carbocycles. The van der Waals surface area contributed by atoms with Gasteiger partial charge in [-0.15, -0.1) is 0 Å². The van der Waals surface area contributed by atoms with E-state index in [1.807, 2.05) is 30.5 Å². The highest BCUT2D eigenvalue weighted by atomic mass is 16.5. The van der Waals surface area contributed by atoms with Gasteiger partial charge < -0.3 is 4.74 Å². The van der Waals surface area contributed by atoms with Crippen molar-refractivity contribution >= 4 is 11.1 Å². The average Bonchev–Trinajstić information content (AvgIpc) is 2.79. The van der Waals surface area contributed by atoms with Crippen molar-refractivity contribution in [1.29, 1.82) is 0 Å². The number of hydrogen-bond acceptors (Lipinski definition) is 2. The summed E-state index contributed by atoms with van der Waals surface area (Å²) in [5, 5.41) is 0. The van der Waals surface area contributed by atoms with Crippen LogP contribution in [-0.2, 0) is 6.61 Å². The van der Waals surface area contributed by atoms with Crippen molar-refractivity contribution in [3.05, 3.63) is 95.3 Å². The third kappa shape index (κ3) is 2.42. The summed E-state index contributed by atoms with van der Waals surface area (Å²) in [6.45, 7) is 2.67. The molecule has 0 bridgehead atoms. The summed E-state index contributed by atoms with van der Waals surface area (Å²) in [5.74, 6) is 0.913. The quantitative estimate of drug-likeness (QED) is 0.634. The lowest BCUT2D eigenvalue weighted by molar-refractivity contribution is 0.302. The van der Waals surface area contributed by atoms with Crippen LogP contribution in [0.2, 0.25) is 0 Å². The van der Waals surface area contributed by atoms with Crippen LogP contribution in [0.25, 0.3) is 11.1 Å². The van der Waals surface area contributed by atoms with E-state index in [1.54, 1.807) is 0 Å². The van der Waals surface area contributed by atoms with Crippen molar-refractivity contribution in [2.45, 2.75) is 13.5 Å². The van der Waals surface area contributed by atoms with Crippen LogP contribution >= 0.6 is 0 Å². The minimum Gasteiger partial charge on any atom is -0.487 e. The lowest BCUT2D eigenvalue weighted by Crippen LogP contribution is -1.99. The Kier molecular flexibility index (Phi) is 3.43. The van der Waals surface area contributed by atoms with Gasteiger partial charge in [-0.25, -0.2) is 0 Å². The molecule has 23 heavy (non-hydrogen) atoms. The molecule has 0 atom stereocenters. The maximum atomic E-state index is 5.99. The molecule has 3 aromatic rings. The zero-order chi connectivity index (χ0) is 15.6.